The average molecular weight is 208 g/mol. The second-order valence-corrected chi connectivity index (χ2v) is 4.64. The molecule has 1 atom stereocenters. The fourth-order valence-electron chi connectivity index (χ4n) is 1.94. The Hall–Kier alpha value is -0.830. The topological polar surface area (TPSA) is 27.1 Å². The molecular weight excluding hydrogens is 188 g/mol. The van der Waals surface area contributed by atoms with Gasteiger partial charge in [0.2, 0.25) is 0 Å². The third-order valence-electron chi connectivity index (χ3n) is 2.98. The van der Waals surface area contributed by atoms with Crippen molar-refractivity contribution in [3.63, 3.8) is 0 Å². The van der Waals surface area contributed by atoms with E-state index in [-0.39, 0.29) is 0 Å². The predicted molar refractivity (Wildman–Crippen MR) is 59.9 cm³/mol. The van der Waals surface area contributed by atoms with Gasteiger partial charge < -0.3 is 4.74 Å². The number of hydrogen-bond acceptors (Lipinski definition) is 2. The van der Waals surface area contributed by atoms with Gasteiger partial charge in [0.1, 0.15) is 0 Å². The highest BCUT2D eigenvalue weighted by atomic mass is 16.5. The van der Waals surface area contributed by atoms with E-state index in [1.807, 2.05) is 10.9 Å². The number of aromatic nitrogens is 2. The zero-order valence-electron chi connectivity index (χ0n) is 9.65. The lowest BCUT2D eigenvalue weighted by Crippen LogP contribution is -2.24. The lowest BCUT2D eigenvalue weighted by molar-refractivity contribution is 0.00398. The smallest absolute Gasteiger partial charge is 0.0770 e. The van der Waals surface area contributed by atoms with Crippen molar-refractivity contribution in [3.05, 3.63) is 18.0 Å². The summed E-state index contributed by atoms with van der Waals surface area (Å²) in [4.78, 5) is 0. The van der Waals surface area contributed by atoms with Gasteiger partial charge in [0, 0.05) is 12.8 Å². The van der Waals surface area contributed by atoms with Crippen LogP contribution in [0.3, 0.4) is 0 Å². The summed E-state index contributed by atoms with van der Waals surface area (Å²) in [6, 6.07) is 0. The average Bonchev–Trinajstić information content (AvgIpc) is 2.68. The van der Waals surface area contributed by atoms with Gasteiger partial charge in [0.15, 0.2) is 0 Å². The van der Waals surface area contributed by atoms with Crippen molar-refractivity contribution in [1.29, 1.82) is 0 Å². The minimum absolute atomic E-state index is 0.374. The number of hydrogen-bond donors (Lipinski definition) is 0. The minimum Gasteiger partial charge on any atom is -0.376 e. The highest BCUT2D eigenvalue weighted by molar-refractivity contribution is 5.08. The zero-order valence-corrected chi connectivity index (χ0v) is 9.65. The summed E-state index contributed by atoms with van der Waals surface area (Å²) in [6.45, 7) is 6.21. The highest BCUT2D eigenvalue weighted by Gasteiger charge is 2.14. The van der Waals surface area contributed by atoms with Gasteiger partial charge in [-0.3, -0.25) is 4.68 Å². The van der Waals surface area contributed by atoms with Crippen LogP contribution in [0.15, 0.2) is 12.4 Å². The van der Waals surface area contributed by atoms with E-state index >= 15 is 0 Å². The van der Waals surface area contributed by atoms with Gasteiger partial charge in [-0.05, 0) is 30.7 Å². The molecule has 0 unspecified atom stereocenters. The molecule has 0 aromatic carbocycles. The predicted octanol–water partition coefficient (Wildman–Crippen LogP) is 2.58. The molecular formula is C12H20N2O. The van der Waals surface area contributed by atoms with Crippen LogP contribution >= 0.6 is 0 Å². The number of rotatable bonds is 3. The Morgan fingerprint density at radius 1 is 1.53 bits per heavy atom. The molecule has 1 aliphatic heterocycles. The Balaban J connectivity index is 1.91. The molecule has 0 bridgehead atoms. The lowest BCUT2D eigenvalue weighted by Gasteiger charge is -2.22. The van der Waals surface area contributed by atoms with Crippen molar-refractivity contribution in [2.45, 2.75) is 51.7 Å². The van der Waals surface area contributed by atoms with Gasteiger partial charge >= 0.3 is 0 Å². The summed E-state index contributed by atoms with van der Waals surface area (Å²) < 4.78 is 7.71. The monoisotopic (exact) mass is 208 g/mol. The minimum atomic E-state index is 0.374. The largest absolute Gasteiger partial charge is 0.376 e. The summed E-state index contributed by atoms with van der Waals surface area (Å²) >= 11 is 0. The first-order chi connectivity index (χ1) is 7.25. The van der Waals surface area contributed by atoms with E-state index in [4.69, 9.17) is 4.74 Å². The quantitative estimate of drug-likeness (QED) is 0.763. The molecule has 2 heterocycles. The first-order valence-electron chi connectivity index (χ1n) is 5.89. The van der Waals surface area contributed by atoms with Crippen LogP contribution in [0, 0.1) is 0 Å². The second-order valence-electron chi connectivity index (χ2n) is 4.64. The van der Waals surface area contributed by atoms with Crippen molar-refractivity contribution in [1.82, 2.24) is 9.78 Å². The molecule has 0 spiro atoms. The van der Waals surface area contributed by atoms with Crippen LogP contribution in [0.5, 0.6) is 0 Å². The van der Waals surface area contributed by atoms with Crippen LogP contribution in [-0.4, -0.2) is 22.5 Å². The van der Waals surface area contributed by atoms with Crippen LogP contribution in [0.1, 0.15) is 44.6 Å². The molecule has 3 nitrogen and oxygen atoms in total. The fraction of sp³-hybridized carbons (Fsp3) is 0.750. The maximum Gasteiger partial charge on any atom is 0.0770 e. The molecule has 3 heteroatoms. The highest BCUT2D eigenvalue weighted by Crippen LogP contribution is 2.16. The van der Waals surface area contributed by atoms with Crippen molar-refractivity contribution in [2.24, 2.45) is 0 Å². The summed E-state index contributed by atoms with van der Waals surface area (Å²) in [5.74, 6) is 0.561. The summed E-state index contributed by atoms with van der Waals surface area (Å²) in [7, 11) is 0. The molecule has 15 heavy (non-hydrogen) atoms. The van der Waals surface area contributed by atoms with Gasteiger partial charge in [-0.15, -0.1) is 0 Å². The Labute approximate surface area is 91.4 Å². The van der Waals surface area contributed by atoms with Crippen molar-refractivity contribution >= 4 is 0 Å². The Morgan fingerprint density at radius 2 is 2.40 bits per heavy atom. The van der Waals surface area contributed by atoms with Gasteiger partial charge in [-0.2, -0.15) is 5.10 Å². The molecule has 2 rings (SSSR count). The van der Waals surface area contributed by atoms with Crippen LogP contribution in [-0.2, 0) is 11.3 Å². The van der Waals surface area contributed by atoms with Crippen molar-refractivity contribution in [2.75, 3.05) is 6.61 Å². The van der Waals surface area contributed by atoms with E-state index in [1.165, 1.54) is 24.8 Å². The zero-order chi connectivity index (χ0) is 10.7. The Kier molecular flexibility index (Phi) is 3.41. The molecule has 0 aliphatic carbocycles. The molecule has 0 radical (unpaired) electrons. The van der Waals surface area contributed by atoms with Crippen molar-refractivity contribution < 1.29 is 4.74 Å². The summed E-state index contributed by atoms with van der Waals surface area (Å²) in [5, 5.41) is 4.37. The molecule has 1 aromatic rings. The maximum atomic E-state index is 5.69. The standard InChI is InChI=1S/C12H20N2O/c1-10(2)11-7-13-14(8-11)9-12-5-3-4-6-15-12/h7-8,10,12H,3-6,9H2,1-2H3/t12-/m0/s1. The van der Waals surface area contributed by atoms with Crippen LogP contribution in [0.2, 0.25) is 0 Å². The second kappa shape index (κ2) is 4.79. The Bertz CT molecular complexity index is 300. The fourth-order valence-corrected chi connectivity index (χ4v) is 1.94. The molecule has 84 valence electrons. The van der Waals surface area contributed by atoms with E-state index in [0.717, 1.165) is 13.2 Å². The number of nitrogens with zero attached hydrogens (tertiary/aromatic N) is 2. The van der Waals surface area contributed by atoms with Gasteiger partial charge in [-0.1, -0.05) is 13.8 Å². The number of ether oxygens (including phenoxy) is 1. The van der Waals surface area contributed by atoms with Crippen LogP contribution < -0.4 is 0 Å². The summed E-state index contributed by atoms with van der Waals surface area (Å²) in [5.41, 5.74) is 1.31. The Morgan fingerprint density at radius 3 is 3.00 bits per heavy atom. The van der Waals surface area contributed by atoms with Crippen molar-refractivity contribution in [3.8, 4) is 0 Å². The van der Waals surface area contributed by atoms with E-state index in [9.17, 15) is 0 Å². The molecule has 0 N–H and O–H groups in total. The van der Waals surface area contributed by atoms with Gasteiger partial charge in [0.05, 0.1) is 18.8 Å². The molecule has 1 fully saturated rings. The summed E-state index contributed by atoms with van der Waals surface area (Å²) in [6.07, 6.45) is 8.17. The van der Waals surface area contributed by atoms with Gasteiger partial charge in [-0.25, -0.2) is 0 Å². The molecule has 1 saturated heterocycles. The van der Waals surface area contributed by atoms with Crippen LogP contribution in [0.4, 0.5) is 0 Å². The van der Waals surface area contributed by atoms with E-state index < -0.39 is 0 Å². The molecule has 1 aliphatic rings. The van der Waals surface area contributed by atoms with E-state index in [1.54, 1.807) is 0 Å². The molecule has 0 saturated carbocycles. The maximum absolute atomic E-state index is 5.69. The first kappa shape index (κ1) is 10.7. The third-order valence-corrected chi connectivity index (χ3v) is 2.98. The van der Waals surface area contributed by atoms with E-state index in [2.05, 4.69) is 25.1 Å². The lowest BCUT2D eigenvalue weighted by atomic mass is 10.1. The van der Waals surface area contributed by atoms with Gasteiger partial charge in [0.25, 0.3) is 0 Å². The van der Waals surface area contributed by atoms with Crippen LogP contribution in [0.25, 0.3) is 0 Å². The third kappa shape index (κ3) is 2.81. The first-order valence-corrected chi connectivity index (χ1v) is 5.89. The molecule has 0 amide bonds. The normalized spacial score (nSPS) is 22.2. The van der Waals surface area contributed by atoms with E-state index in [0.29, 0.717) is 12.0 Å². The molecule has 1 aromatic heterocycles. The SMILES string of the molecule is CC(C)c1cnn(C[C@@H]2CCCCO2)c1.